The molecule has 0 spiro atoms. The van der Waals surface area contributed by atoms with E-state index in [1.807, 2.05) is 20.8 Å². The van der Waals surface area contributed by atoms with Crippen LogP contribution in [-0.4, -0.2) is 42.4 Å². The maximum absolute atomic E-state index is 11.7. The van der Waals surface area contributed by atoms with Gasteiger partial charge in [0.25, 0.3) is 0 Å². The van der Waals surface area contributed by atoms with Gasteiger partial charge >= 0.3 is 12.2 Å². The van der Waals surface area contributed by atoms with Crippen LogP contribution in [0.15, 0.2) is 0 Å². The van der Waals surface area contributed by atoms with Gasteiger partial charge in [-0.2, -0.15) is 0 Å². The van der Waals surface area contributed by atoms with Crippen molar-refractivity contribution in [1.29, 1.82) is 0 Å². The van der Waals surface area contributed by atoms with E-state index < -0.39 is 11.7 Å². The molecule has 0 unspecified atom stereocenters. The van der Waals surface area contributed by atoms with Gasteiger partial charge in [0.15, 0.2) is 0 Å². The van der Waals surface area contributed by atoms with Gasteiger partial charge in [-0.05, 0) is 27.2 Å². The molecule has 1 atom stereocenters. The Bertz CT molecular complexity index is 298. The molecule has 17 heavy (non-hydrogen) atoms. The Hall–Kier alpha value is -1.46. The zero-order chi connectivity index (χ0) is 13.1. The summed E-state index contributed by atoms with van der Waals surface area (Å²) in [6.45, 7) is 6.91. The monoisotopic (exact) mass is 244 g/mol. The van der Waals surface area contributed by atoms with E-state index in [1.165, 1.54) is 0 Å². The van der Waals surface area contributed by atoms with Crippen LogP contribution in [0.5, 0.6) is 0 Å². The van der Waals surface area contributed by atoms with Crippen LogP contribution < -0.4 is 5.73 Å². The first-order valence-electron chi connectivity index (χ1n) is 5.68. The van der Waals surface area contributed by atoms with Crippen LogP contribution in [0.1, 0.15) is 27.2 Å². The Morgan fingerprint density at radius 3 is 2.59 bits per heavy atom. The summed E-state index contributed by atoms with van der Waals surface area (Å²) in [5, 5.41) is 0. The second-order valence-electron chi connectivity index (χ2n) is 5.21. The summed E-state index contributed by atoms with van der Waals surface area (Å²) in [4.78, 5) is 23.8. The molecule has 1 fully saturated rings. The molecule has 1 heterocycles. The molecular formula is C11H20N2O4. The van der Waals surface area contributed by atoms with Crippen molar-refractivity contribution in [3.63, 3.8) is 0 Å². The number of hydrogen-bond acceptors (Lipinski definition) is 4. The maximum Gasteiger partial charge on any atom is 0.410 e. The van der Waals surface area contributed by atoms with Crippen molar-refractivity contribution < 1.29 is 19.1 Å². The van der Waals surface area contributed by atoms with Gasteiger partial charge in [0.2, 0.25) is 0 Å². The lowest BCUT2D eigenvalue weighted by Crippen LogP contribution is -2.35. The average Bonchev–Trinajstić information content (AvgIpc) is 2.60. The molecule has 1 saturated heterocycles. The second-order valence-corrected chi connectivity index (χ2v) is 5.21. The van der Waals surface area contributed by atoms with Crippen LogP contribution in [0.2, 0.25) is 0 Å². The minimum atomic E-state index is -0.777. The first kappa shape index (κ1) is 13.6. The third kappa shape index (κ3) is 4.93. The van der Waals surface area contributed by atoms with Gasteiger partial charge < -0.3 is 20.1 Å². The number of carbonyl (C=O) groups is 2. The van der Waals surface area contributed by atoms with Crippen molar-refractivity contribution in [2.24, 2.45) is 11.7 Å². The number of ether oxygens (including phenoxy) is 2. The number of carbonyl (C=O) groups excluding carboxylic acids is 2. The quantitative estimate of drug-likeness (QED) is 0.794. The van der Waals surface area contributed by atoms with Crippen molar-refractivity contribution in [2.45, 2.75) is 32.8 Å². The SMILES string of the molecule is CC(C)(C)OC(=O)N1CC[C@H](COC(N)=O)C1. The summed E-state index contributed by atoms with van der Waals surface area (Å²) in [6.07, 6.45) is -0.299. The molecule has 0 bridgehead atoms. The normalized spacial score (nSPS) is 20.2. The Labute approximate surface area is 101 Å². The lowest BCUT2D eigenvalue weighted by molar-refractivity contribution is 0.0283. The highest BCUT2D eigenvalue weighted by atomic mass is 16.6. The predicted molar refractivity (Wildman–Crippen MR) is 61.4 cm³/mol. The van der Waals surface area contributed by atoms with Gasteiger partial charge in [-0.15, -0.1) is 0 Å². The third-order valence-corrected chi connectivity index (χ3v) is 2.40. The Morgan fingerprint density at radius 2 is 2.06 bits per heavy atom. The summed E-state index contributed by atoms with van der Waals surface area (Å²) >= 11 is 0. The highest BCUT2D eigenvalue weighted by Gasteiger charge is 2.30. The van der Waals surface area contributed by atoms with Crippen molar-refractivity contribution >= 4 is 12.2 Å². The summed E-state index contributed by atoms with van der Waals surface area (Å²) in [5.41, 5.74) is 4.39. The van der Waals surface area contributed by atoms with Crippen LogP contribution in [-0.2, 0) is 9.47 Å². The van der Waals surface area contributed by atoms with Crippen molar-refractivity contribution in [3.8, 4) is 0 Å². The zero-order valence-electron chi connectivity index (χ0n) is 10.6. The highest BCUT2D eigenvalue weighted by molar-refractivity contribution is 5.68. The number of hydrogen-bond donors (Lipinski definition) is 1. The molecule has 0 aromatic carbocycles. The fourth-order valence-electron chi connectivity index (χ4n) is 1.66. The van der Waals surface area contributed by atoms with Gasteiger partial charge in [-0.3, -0.25) is 0 Å². The average molecular weight is 244 g/mol. The van der Waals surface area contributed by atoms with E-state index in [2.05, 4.69) is 0 Å². The molecule has 1 aliphatic rings. The molecule has 0 saturated carbocycles. The van der Waals surface area contributed by atoms with E-state index >= 15 is 0 Å². The Kier molecular flexibility index (Phi) is 4.20. The number of primary amides is 1. The van der Waals surface area contributed by atoms with Crippen molar-refractivity contribution in [1.82, 2.24) is 4.90 Å². The van der Waals surface area contributed by atoms with E-state index in [0.29, 0.717) is 13.1 Å². The molecule has 0 aromatic rings. The van der Waals surface area contributed by atoms with Crippen LogP contribution in [0, 0.1) is 5.92 Å². The Morgan fingerprint density at radius 1 is 1.41 bits per heavy atom. The topological polar surface area (TPSA) is 81.9 Å². The van der Waals surface area contributed by atoms with Crippen molar-refractivity contribution in [2.75, 3.05) is 19.7 Å². The molecule has 2 amide bonds. The number of rotatable bonds is 2. The molecule has 98 valence electrons. The highest BCUT2D eigenvalue weighted by Crippen LogP contribution is 2.19. The lowest BCUT2D eigenvalue weighted by Gasteiger charge is -2.24. The second kappa shape index (κ2) is 5.25. The van der Waals surface area contributed by atoms with Gasteiger partial charge in [0, 0.05) is 19.0 Å². The van der Waals surface area contributed by atoms with E-state index in [1.54, 1.807) is 4.90 Å². The molecule has 0 aliphatic carbocycles. The molecule has 1 aliphatic heterocycles. The van der Waals surface area contributed by atoms with Crippen LogP contribution in [0.4, 0.5) is 9.59 Å². The largest absolute Gasteiger partial charge is 0.449 e. The minimum absolute atomic E-state index is 0.148. The van der Waals surface area contributed by atoms with Crippen molar-refractivity contribution in [3.05, 3.63) is 0 Å². The number of amides is 2. The Balaban J connectivity index is 2.34. The van der Waals surface area contributed by atoms with Crippen LogP contribution in [0.25, 0.3) is 0 Å². The first-order valence-corrected chi connectivity index (χ1v) is 5.68. The van der Waals surface area contributed by atoms with Crippen LogP contribution >= 0.6 is 0 Å². The van der Waals surface area contributed by atoms with Gasteiger partial charge in [-0.25, -0.2) is 9.59 Å². The molecule has 6 heteroatoms. The minimum Gasteiger partial charge on any atom is -0.449 e. The zero-order valence-corrected chi connectivity index (χ0v) is 10.6. The first-order chi connectivity index (χ1) is 7.78. The fraction of sp³-hybridized carbons (Fsp3) is 0.818. The summed E-state index contributed by atoms with van der Waals surface area (Å²) in [6, 6.07) is 0. The smallest absolute Gasteiger partial charge is 0.410 e. The molecule has 2 N–H and O–H groups in total. The van der Waals surface area contributed by atoms with E-state index in [9.17, 15) is 9.59 Å². The van der Waals surface area contributed by atoms with E-state index in [4.69, 9.17) is 15.2 Å². The standard InChI is InChI=1S/C11H20N2O4/c1-11(2,3)17-10(15)13-5-4-8(6-13)7-16-9(12)14/h8H,4-7H2,1-3H3,(H2,12,14)/t8-/m0/s1. The fourth-order valence-corrected chi connectivity index (χ4v) is 1.66. The lowest BCUT2D eigenvalue weighted by atomic mass is 10.1. The molecular weight excluding hydrogens is 224 g/mol. The third-order valence-electron chi connectivity index (χ3n) is 2.40. The number of nitrogens with two attached hydrogens (primary N) is 1. The molecule has 0 aromatic heterocycles. The molecule has 0 radical (unpaired) electrons. The van der Waals surface area contributed by atoms with E-state index in [0.717, 1.165) is 6.42 Å². The van der Waals surface area contributed by atoms with E-state index in [-0.39, 0.29) is 18.6 Å². The van der Waals surface area contributed by atoms with Gasteiger partial charge in [-0.1, -0.05) is 0 Å². The number of nitrogens with zero attached hydrogens (tertiary/aromatic N) is 1. The summed E-state index contributed by atoms with van der Waals surface area (Å²) in [5.74, 6) is 0.148. The molecule has 6 nitrogen and oxygen atoms in total. The summed E-state index contributed by atoms with van der Waals surface area (Å²) < 4.78 is 9.96. The van der Waals surface area contributed by atoms with Gasteiger partial charge in [0.1, 0.15) is 5.60 Å². The van der Waals surface area contributed by atoms with Gasteiger partial charge in [0.05, 0.1) is 6.61 Å². The maximum atomic E-state index is 11.7. The molecule has 1 rings (SSSR count). The predicted octanol–water partition coefficient (Wildman–Crippen LogP) is 1.34. The number of likely N-dealkylation sites (tertiary alicyclic amines) is 1. The summed E-state index contributed by atoms with van der Waals surface area (Å²) in [7, 11) is 0. The van der Waals surface area contributed by atoms with Crippen LogP contribution in [0.3, 0.4) is 0 Å².